The van der Waals surface area contributed by atoms with Gasteiger partial charge in [-0.05, 0) is 26.9 Å². The van der Waals surface area contributed by atoms with Gasteiger partial charge < -0.3 is 14.1 Å². The lowest BCUT2D eigenvalue weighted by Gasteiger charge is -2.33. The largest absolute Gasteiger partial charge is 0.424 e. The molecule has 0 bridgehead atoms. The summed E-state index contributed by atoms with van der Waals surface area (Å²) < 4.78 is 11.5. The highest BCUT2D eigenvalue weighted by Crippen LogP contribution is 2.39. The standard InChI is InChI=1S/C13H22N4O2/c1-16(2)7-11-8-17(5-6-18-11)9-12-14-15-13(19-12)10-3-4-10/h10-11H,3-9H2,1-2H3/t11-/m1/s1. The summed E-state index contributed by atoms with van der Waals surface area (Å²) >= 11 is 0. The van der Waals surface area contributed by atoms with Crippen LogP contribution in [0.5, 0.6) is 0 Å². The Hall–Kier alpha value is -0.980. The van der Waals surface area contributed by atoms with Gasteiger partial charge in [-0.3, -0.25) is 4.90 Å². The average Bonchev–Trinajstić information content (AvgIpc) is 3.10. The van der Waals surface area contributed by atoms with Gasteiger partial charge in [0.05, 0.1) is 19.3 Å². The normalized spacial score (nSPS) is 25.1. The number of morpholine rings is 1. The van der Waals surface area contributed by atoms with E-state index in [1.165, 1.54) is 12.8 Å². The number of hydrogen-bond acceptors (Lipinski definition) is 6. The summed E-state index contributed by atoms with van der Waals surface area (Å²) in [7, 11) is 4.14. The number of rotatable bonds is 5. The molecule has 1 aliphatic carbocycles. The molecule has 0 unspecified atom stereocenters. The van der Waals surface area contributed by atoms with Crippen molar-refractivity contribution in [1.29, 1.82) is 0 Å². The van der Waals surface area contributed by atoms with E-state index in [2.05, 4.69) is 34.1 Å². The van der Waals surface area contributed by atoms with Crippen LogP contribution in [0.4, 0.5) is 0 Å². The Morgan fingerprint density at radius 1 is 1.32 bits per heavy atom. The molecule has 3 rings (SSSR count). The minimum absolute atomic E-state index is 0.273. The molecular formula is C13H22N4O2. The zero-order valence-corrected chi connectivity index (χ0v) is 11.7. The molecule has 2 fully saturated rings. The second-order valence-corrected chi connectivity index (χ2v) is 5.80. The Kier molecular flexibility index (Phi) is 3.81. The smallest absolute Gasteiger partial charge is 0.230 e. The van der Waals surface area contributed by atoms with Gasteiger partial charge in [0.15, 0.2) is 0 Å². The zero-order valence-electron chi connectivity index (χ0n) is 11.7. The van der Waals surface area contributed by atoms with Gasteiger partial charge in [-0.2, -0.15) is 0 Å². The minimum Gasteiger partial charge on any atom is -0.424 e. The molecule has 2 heterocycles. The van der Waals surface area contributed by atoms with Crippen molar-refractivity contribution in [3.8, 4) is 0 Å². The van der Waals surface area contributed by atoms with Crippen LogP contribution in [0.2, 0.25) is 0 Å². The fourth-order valence-corrected chi connectivity index (χ4v) is 2.46. The quantitative estimate of drug-likeness (QED) is 0.782. The van der Waals surface area contributed by atoms with Crippen molar-refractivity contribution < 1.29 is 9.15 Å². The van der Waals surface area contributed by atoms with Crippen LogP contribution in [-0.2, 0) is 11.3 Å². The summed E-state index contributed by atoms with van der Waals surface area (Å²) in [6, 6.07) is 0. The molecule has 1 aromatic heterocycles. The van der Waals surface area contributed by atoms with Crippen LogP contribution in [-0.4, -0.2) is 66.4 Å². The molecule has 2 aliphatic rings. The first-order chi connectivity index (χ1) is 9.20. The third kappa shape index (κ3) is 3.52. The maximum atomic E-state index is 5.76. The fraction of sp³-hybridized carbons (Fsp3) is 0.846. The Morgan fingerprint density at radius 3 is 2.89 bits per heavy atom. The molecule has 0 amide bonds. The molecular weight excluding hydrogens is 244 g/mol. The monoisotopic (exact) mass is 266 g/mol. The van der Waals surface area contributed by atoms with Crippen LogP contribution in [0.15, 0.2) is 4.42 Å². The molecule has 6 heteroatoms. The first-order valence-corrected chi connectivity index (χ1v) is 7.01. The minimum atomic E-state index is 0.273. The van der Waals surface area contributed by atoms with E-state index in [0.29, 0.717) is 5.92 Å². The highest BCUT2D eigenvalue weighted by atomic mass is 16.5. The van der Waals surface area contributed by atoms with Gasteiger partial charge >= 0.3 is 0 Å². The summed E-state index contributed by atoms with van der Waals surface area (Å²) in [5.41, 5.74) is 0. The van der Waals surface area contributed by atoms with E-state index >= 15 is 0 Å². The average molecular weight is 266 g/mol. The van der Waals surface area contributed by atoms with Crippen LogP contribution >= 0.6 is 0 Å². The molecule has 19 heavy (non-hydrogen) atoms. The van der Waals surface area contributed by atoms with E-state index in [4.69, 9.17) is 9.15 Å². The van der Waals surface area contributed by atoms with Crippen molar-refractivity contribution >= 4 is 0 Å². The maximum absolute atomic E-state index is 5.76. The second-order valence-electron chi connectivity index (χ2n) is 5.80. The van der Waals surface area contributed by atoms with Crippen molar-refractivity contribution in [3.63, 3.8) is 0 Å². The molecule has 0 aromatic carbocycles. The Labute approximate surface area is 113 Å². The maximum Gasteiger partial charge on any atom is 0.230 e. The molecule has 1 atom stereocenters. The number of aromatic nitrogens is 2. The summed E-state index contributed by atoms with van der Waals surface area (Å²) in [5.74, 6) is 2.10. The summed E-state index contributed by atoms with van der Waals surface area (Å²) in [6.07, 6.45) is 2.67. The molecule has 1 aromatic rings. The molecule has 6 nitrogen and oxygen atoms in total. The van der Waals surface area contributed by atoms with Gasteiger partial charge in [0.2, 0.25) is 11.8 Å². The van der Waals surface area contributed by atoms with Crippen molar-refractivity contribution in [1.82, 2.24) is 20.0 Å². The van der Waals surface area contributed by atoms with E-state index in [9.17, 15) is 0 Å². The fourth-order valence-electron chi connectivity index (χ4n) is 2.46. The van der Waals surface area contributed by atoms with E-state index in [-0.39, 0.29) is 6.10 Å². The molecule has 1 aliphatic heterocycles. The van der Waals surface area contributed by atoms with Crippen LogP contribution in [0.1, 0.15) is 30.5 Å². The molecule has 0 radical (unpaired) electrons. The van der Waals surface area contributed by atoms with Gasteiger partial charge in [-0.25, -0.2) is 0 Å². The van der Waals surface area contributed by atoms with Crippen molar-refractivity contribution in [3.05, 3.63) is 11.8 Å². The molecule has 1 saturated heterocycles. The zero-order chi connectivity index (χ0) is 13.2. The van der Waals surface area contributed by atoms with Crippen molar-refractivity contribution in [2.24, 2.45) is 0 Å². The predicted molar refractivity (Wildman–Crippen MR) is 69.8 cm³/mol. The molecule has 106 valence electrons. The number of nitrogens with zero attached hydrogens (tertiary/aromatic N) is 4. The summed E-state index contributed by atoms with van der Waals surface area (Å²) in [5, 5.41) is 8.28. The molecule has 0 spiro atoms. The lowest BCUT2D eigenvalue weighted by Crippen LogP contribution is -2.46. The Morgan fingerprint density at radius 2 is 2.16 bits per heavy atom. The summed E-state index contributed by atoms with van der Waals surface area (Å²) in [4.78, 5) is 4.49. The van der Waals surface area contributed by atoms with E-state index in [1.807, 2.05) is 0 Å². The van der Waals surface area contributed by atoms with Crippen LogP contribution in [0.3, 0.4) is 0 Å². The second kappa shape index (κ2) is 5.56. The topological polar surface area (TPSA) is 54.6 Å². The molecule has 0 N–H and O–H groups in total. The van der Waals surface area contributed by atoms with Crippen LogP contribution < -0.4 is 0 Å². The van der Waals surface area contributed by atoms with Crippen LogP contribution in [0.25, 0.3) is 0 Å². The highest BCUT2D eigenvalue weighted by Gasteiger charge is 2.30. The van der Waals surface area contributed by atoms with Gasteiger partial charge in [-0.1, -0.05) is 0 Å². The summed E-state index contributed by atoms with van der Waals surface area (Å²) in [6.45, 7) is 4.34. The van der Waals surface area contributed by atoms with Crippen molar-refractivity contribution in [2.75, 3.05) is 40.3 Å². The third-order valence-electron chi connectivity index (χ3n) is 3.56. The van der Waals surface area contributed by atoms with Gasteiger partial charge in [0.25, 0.3) is 0 Å². The van der Waals surface area contributed by atoms with Crippen molar-refractivity contribution in [2.45, 2.75) is 31.4 Å². The van der Waals surface area contributed by atoms with Gasteiger partial charge in [0.1, 0.15) is 0 Å². The Balaban J connectivity index is 1.53. The number of ether oxygens (including phenoxy) is 1. The molecule has 1 saturated carbocycles. The third-order valence-corrected chi connectivity index (χ3v) is 3.56. The SMILES string of the molecule is CN(C)C[C@@H]1CN(Cc2nnc(C3CC3)o2)CCO1. The lowest BCUT2D eigenvalue weighted by molar-refractivity contribution is -0.0427. The van der Waals surface area contributed by atoms with E-state index in [1.54, 1.807) is 0 Å². The van der Waals surface area contributed by atoms with Gasteiger partial charge in [0, 0.05) is 25.6 Å². The van der Waals surface area contributed by atoms with Gasteiger partial charge in [-0.15, -0.1) is 10.2 Å². The van der Waals surface area contributed by atoms with Crippen LogP contribution in [0, 0.1) is 0 Å². The van der Waals surface area contributed by atoms with E-state index in [0.717, 1.165) is 44.6 Å². The number of likely N-dealkylation sites (N-methyl/N-ethyl adjacent to an activating group) is 1. The first-order valence-electron chi connectivity index (χ1n) is 7.01. The highest BCUT2D eigenvalue weighted by molar-refractivity contribution is 5.00. The predicted octanol–water partition coefficient (Wildman–Crippen LogP) is 0.709. The Bertz CT molecular complexity index is 417. The lowest BCUT2D eigenvalue weighted by atomic mass is 10.2. The van der Waals surface area contributed by atoms with E-state index < -0.39 is 0 Å². The first kappa shape index (κ1) is 13.0. The number of hydrogen-bond donors (Lipinski definition) is 0.